The van der Waals surface area contributed by atoms with Crippen LogP contribution in [-0.2, 0) is 17.6 Å². The molecule has 0 spiro atoms. The zero-order valence-corrected chi connectivity index (χ0v) is 13.5. The second-order valence-electron chi connectivity index (χ2n) is 6.00. The maximum atomic E-state index is 12.6. The van der Waals surface area contributed by atoms with Crippen molar-refractivity contribution in [3.8, 4) is 0 Å². The third-order valence-corrected chi connectivity index (χ3v) is 4.54. The third kappa shape index (κ3) is 2.50. The molecule has 4 rings (SSSR count). The molecule has 2 aromatic heterocycles. The summed E-state index contributed by atoms with van der Waals surface area (Å²) in [5.74, 6) is 0.685. The number of aromatic nitrogens is 3. The lowest BCUT2D eigenvalue weighted by Gasteiger charge is -2.16. The van der Waals surface area contributed by atoms with Gasteiger partial charge in [-0.25, -0.2) is 9.97 Å². The molecule has 0 radical (unpaired) electrons. The highest BCUT2D eigenvalue weighted by molar-refractivity contribution is 5.99. The van der Waals surface area contributed by atoms with Crippen LogP contribution in [0.1, 0.15) is 24.5 Å². The fourth-order valence-corrected chi connectivity index (χ4v) is 3.23. The number of nitrogens with zero attached hydrogens (tertiary/aromatic N) is 2. The van der Waals surface area contributed by atoms with E-state index in [4.69, 9.17) is 0 Å². The van der Waals surface area contributed by atoms with Crippen molar-refractivity contribution in [1.29, 1.82) is 0 Å². The molecule has 0 fully saturated rings. The van der Waals surface area contributed by atoms with Gasteiger partial charge in [-0.15, -0.1) is 0 Å². The average Bonchev–Trinajstić information content (AvgIpc) is 2.96. The molecule has 0 aliphatic carbocycles. The summed E-state index contributed by atoms with van der Waals surface area (Å²) >= 11 is 0. The molecule has 1 amide bonds. The molecule has 0 saturated heterocycles. The van der Waals surface area contributed by atoms with Gasteiger partial charge in [0.15, 0.2) is 0 Å². The Morgan fingerprint density at radius 1 is 1.29 bits per heavy atom. The van der Waals surface area contributed by atoms with Gasteiger partial charge in [0.05, 0.1) is 5.39 Å². The molecule has 24 heavy (non-hydrogen) atoms. The normalized spacial score (nSPS) is 17.2. The van der Waals surface area contributed by atoms with E-state index in [2.05, 4.69) is 38.6 Å². The minimum Gasteiger partial charge on any atom is -0.358 e. The van der Waals surface area contributed by atoms with Gasteiger partial charge in [-0.05, 0) is 36.5 Å². The molecule has 3 N–H and O–H groups in total. The number of hydrogen-bond donors (Lipinski definition) is 3. The van der Waals surface area contributed by atoms with E-state index in [9.17, 15) is 4.79 Å². The Hall–Kier alpha value is -2.89. The zero-order valence-electron chi connectivity index (χ0n) is 13.5. The number of anilines is 2. The van der Waals surface area contributed by atoms with Crippen LogP contribution in [0.3, 0.4) is 0 Å². The molecule has 6 nitrogen and oxygen atoms in total. The molecular weight excluding hydrogens is 302 g/mol. The first-order valence-electron chi connectivity index (χ1n) is 8.22. The van der Waals surface area contributed by atoms with E-state index in [-0.39, 0.29) is 11.9 Å². The highest BCUT2D eigenvalue weighted by Crippen LogP contribution is 2.27. The van der Waals surface area contributed by atoms with E-state index in [0.29, 0.717) is 5.82 Å². The maximum Gasteiger partial charge on any atom is 0.246 e. The molecule has 1 aliphatic heterocycles. The van der Waals surface area contributed by atoms with Crippen LogP contribution in [0.5, 0.6) is 0 Å². The van der Waals surface area contributed by atoms with Crippen LogP contribution in [0, 0.1) is 0 Å². The van der Waals surface area contributed by atoms with Crippen molar-refractivity contribution in [2.24, 2.45) is 0 Å². The van der Waals surface area contributed by atoms with E-state index in [1.807, 2.05) is 24.4 Å². The minimum atomic E-state index is -0.324. The lowest BCUT2D eigenvalue weighted by Crippen LogP contribution is -2.34. The number of aromatic amines is 1. The summed E-state index contributed by atoms with van der Waals surface area (Å²) in [5.41, 5.74) is 4.00. The van der Waals surface area contributed by atoms with Crippen molar-refractivity contribution in [3.63, 3.8) is 0 Å². The molecule has 3 aromatic rings. The SMILES string of the molecule is CCc1c[nH]c2ncnc(NC3CCc4ccccc4NC3=O)c12. The number of nitrogens with one attached hydrogen (secondary N) is 3. The van der Waals surface area contributed by atoms with Crippen LogP contribution >= 0.6 is 0 Å². The Balaban J connectivity index is 1.64. The first-order chi connectivity index (χ1) is 11.8. The lowest BCUT2D eigenvalue weighted by atomic mass is 10.1. The molecule has 0 bridgehead atoms. The number of fused-ring (bicyclic) bond motifs is 2. The Morgan fingerprint density at radius 2 is 2.17 bits per heavy atom. The van der Waals surface area contributed by atoms with Gasteiger partial charge in [-0.3, -0.25) is 4.79 Å². The molecule has 0 saturated carbocycles. The van der Waals surface area contributed by atoms with E-state index < -0.39 is 0 Å². The topological polar surface area (TPSA) is 82.7 Å². The molecule has 6 heteroatoms. The van der Waals surface area contributed by atoms with Crippen LogP contribution in [0.25, 0.3) is 11.0 Å². The van der Waals surface area contributed by atoms with E-state index in [1.165, 1.54) is 11.9 Å². The van der Waals surface area contributed by atoms with E-state index in [1.54, 1.807) is 0 Å². The summed E-state index contributed by atoms with van der Waals surface area (Å²) in [6, 6.07) is 7.62. The Kier molecular flexibility index (Phi) is 3.65. The molecule has 122 valence electrons. The van der Waals surface area contributed by atoms with Gasteiger partial charge in [0.1, 0.15) is 23.8 Å². The lowest BCUT2D eigenvalue weighted by molar-refractivity contribution is -0.116. The molecular formula is C18H19N5O. The summed E-state index contributed by atoms with van der Waals surface area (Å²) in [6.45, 7) is 2.09. The van der Waals surface area contributed by atoms with Gasteiger partial charge in [-0.2, -0.15) is 0 Å². The van der Waals surface area contributed by atoms with Gasteiger partial charge >= 0.3 is 0 Å². The quantitative estimate of drug-likeness (QED) is 0.693. The predicted octanol–water partition coefficient (Wildman–Crippen LogP) is 2.89. The van der Waals surface area contributed by atoms with Crippen molar-refractivity contribution in [1.82, 2.24) is 15.0 Å². The zero-order chi connectivity index (χ0) is 16.5. The number of amides is 1. The van der Waals surface area contributed by atoms with Crippen LogP contribution in [0.2, 0.25) is 0 Å². The van der Waals surface area contributed by atoms with Crippen LogP contribution in [-0.4, -0.2) is 26.9 Å². The standard InChI is InChI=1S/C18H19N5O/c1-2-11-9-19-16-15(11)17(21-10-20-16)22-14-8-7-12-5-3-4-6-13(12)23-18(14)24/h3-6,9-10,14H,2,7-8H2,1H3,(H,23,24)(H2,19,20,21,22). The Bertz CT molecular complexity index is 901. The highest BCUT2D eigenvalue weighted by Gasteiger charge is 2.24. The van der Waals surface area contributed by atoms with Crippen molar-refractivity contribution in [2.45, 2.75) is 32.2 Å². The number of carbonyl (C=O) groups is 1. The number of para-hydroxylation sites is 1. The Morgan fingerprint density at radius 3 is 3.04 bits per heavy atom. The molecule has 1 aliphatic rings. The summed E-state index contributed by atoms with van der Waals surface area (Å²) in [6.07, 6.45) is 5.91. The van der Waals surface area contributed by atoms with E-state index in [0.717, 1.165) is 41.5 Å². The first kappa shape index (κ1) is 14.7. The van der Waals surface area contributed by atoms with E-state index >= 15 is 0 Å². The maximum absolute atomic E-state index is 12.6. The number of aryl methyl sites for hydroxylation is 2. The summed E-state index contributed by atoms with van der Waals surface area (Å²) in [5, 5.41) is 7.30. The monoisotopic (exact) mass is 321 g/mol. The van der Waals surface area contributed by atoms with Gasteiger partial charge in [0.25, 0.3) is 0 Å². The number of carbonyl (C=O) groups excluding carboxylic acids is 1. The van der Waals surface area contributed by atoms with Crippen LogP contribution in [0.15, 0.2) is 36.8 Å². The number of hydrogen-bond acceptors (Lipinski definition) is 4. The smallest absolute Gasteiger partial charge is 0.246 e. The number of rotatable bonds is 3. The fraction of sp³-hybridized carbons (Fsp3) is 0.278. The van der Waals surface area contributed by atoms with Crippen LogP contribution < -0.4 is 10.6 Å². The number of H-pyrrole nitrogens is 1. The van der Waals surface area contributed by atoms with Crippen molar-refractivity contribution >= 4 is 28.4 Å². The molecule has 1 atom stereocenters. The summed E-state index contributed by atoms with van der Waals surface area (Å²) < 4.78 is 0. The molecule has 1 unspecified atom stereocenters. The van der Waals surface area contributed by atoms with Crippen molar-refractivity contribution in [3.05, 3.63) is 47.9 Å². The molecule has 3 heterocycles. The van der Waals surface area contributed by atoms with Crippen LogP contribution in [0.4, 0.5) is 11.5 Å². The van der Waals surface area contributed by atoms with Gasteiger partial charge < -0.3 is 15.6 Å². The van der Waals surface area contributed by atoms with Gasteiger partial charge in [-0.1, -0.05) is 25.1 Å². The summed E-state index contributed by atoms with van der Waals surface area (Å²) in [4.78, 5) is 24.4. The van der Waals surface area contributed by atoms with Gasteiger partial charge in [0, 0.05) is 11.9 Å². The predicted molar refractivity (Wildman–Crippen MR) is 94.1 cm³/mol. The Labute approximate surface area is 139 Å². The average molecular weight is 321 g/mol. The first-order valence-corrected chi connectivity index (χ1v) is 8.22. The second-order valence-corrected chi connectivity index (χ2v) is 6.00. The molecule has 1 aromatic carbocycles. The number of benzene rings is 1. The summed E-state index contributed by atoms with van der Waals surface area (Å²) in [7, 11) is 0. The van der Waals surface area contributed by atoms with Crippen molar-refractivity contribution in [2.75, 3.05) is 10.6 Å². The fourth-order valence-electron chi connectivity index (χ4n) is 3.23. The highest BCUT2D eigenvalue weighted by atomic mass is 16.2. The largest absolute Gasteiger partial charge is 0.358 e. The van der Waals surface area contributed by atoms with Crippen molar-refractivity contribution < 1.29 is 4.79 Å². The second kappa shape index (κ2) is 5.96. The third-order valence-electron chi connectivity index (χ3n) is 4.54. The van der Waals surface area contributed by atoms with Gasteiger partial charge in [0.2, 0.25) is 5.91 Å². The minimum absolute atomic E-state index is 0.0275.